The van der Waals surface area contributed by atoms with E-state index in [0.29, 0.717) is 42.5 Å². The number of rotatable bonds is 5. The predicted octanol–water partition coefficient (Wildman–Crippen LogP) is 3.52. The van der Waals surface area contributed by atoms with Gasteiger partial charge in [0.05, 0.1) is 6.20 Å². The second-order valence-corrected chi connectivity index (χ2v) is 7.14. The zero-order chi connectivity index (χ0) is 21.8. The summed E-state index contributed by atoms with van der Waals surface area (Å²) in [5, 5.41) is 3.93. The lowest BCUT2D eigenvalue weighted by atomic mass is 9.94. The van der Waals surface area contributed by atoms with Crippen LogP contribution in [0.1, 0.15) is 29.1 Å². The summed E-state index contributed by atoms with van der Waals surface area (Å²) in [6, 6.07) is 4.93. The number of carbonyl (C=O) groups excluding carboxylic acids is 1. The summed E-state index contributed by atoms with van der Waals surface area (Å²) < 4.78 is 46.0. The van der Waals surface area contributed by atoms with Crippen LogP contribution in [0, 0.1) is 5.92 Å². The van der Waals surface area contributed by atoms with Crippen molar-refractivity contribution in [2.45, 2.75) is 25.6 Å². The van der Waals surface area contributed by atoms with E-state index in [1.807, 2.05) is 0 Å². The molecule has 1 aliphatic heterocycles. The number of amides is 1. The van der Waals surface area contributed by atoms with E-state index in [2.05, 4.69) is 24.8 Å². The first-order valence-electron chi connectivity index (χ1n) is 9.61. The number of nitrogens with zero attached hydrogens (tertiary/aromatic N) is 5. The van der Waals surface area contributed by atoms with Gasteiger partial charge in [0.15, 0.2) is 0 Å². The molecule has 0 aliphatic carbocycles. The zero-order valence-electron chi connectivity index (χ0n) is 16.2. The van der Waals surface area contributed by atoms with Gasteiger partial charge in [0, 0.05) is 37.5 Å². The molecule has 8 nitrogen and oxygen atoms in total. The molecule has 1 atom stereocenters. The van der Waals surface area contributed by atoms with E-state index in [0.717, 1.165) is 25.0 Å². The lowest BCUT2D eigenvalue weighted by Crippen LogP contribution is -2.40. The molecule has 2 aromatic heterocycles. The van der Waals surface area contributed by atoms with Gasteiger partial charge in [-0.1, -0.05) is 5.16 Å². The molecule has 3 aromatic rings. The largest absolute Gasteiger partial charge is 0.573 e. The molecule has 0 bridgehead atoms. The highest BCUT2D eigenvalue weighted by Gasteiger charge is 2.31. The number of hydrogen-bond acceptors (Lipinski definition) is 7. The quantitative estimate of drug-likeness (QED) is 0.608. The van der Waals surface area contributed by atoms with Gasteiger partial charge < -0.3 is 14.2 Å². The number of alkyl halides is 3. The first-order chi connectivity index (χ1) is 14.9. The summed E-state index contributed by atoms with van der Waals surface area (Å²) in [5.74, 6) is 0.326. The van der Waals surface area contributed by atoms with Crippen molar-refractivity contribution in [3.8, 4) is 17.3 Å². The van der Waals surface area contributed by atoms with Crippen molar-refractivity contribution >= 4 is 5.91 Å². The van der Waals surface area contributed by atoms with Crippen molar-refractivity contribution in [1.82, 2.24) is 25.0 Å². The molecular formula is C20H18F3N5O3. The van der Waals surface area contributed by atoms with E-state index in [9.17, 15) is 18.0 Å². The van der Waals surface area contributed by atoms with Crippen LogP contribution in [0.4, 0.5) is 13.2 Å². The Morgan fingerprint density at radius 2 is 2.03 bits per heavy atom. The van der Waals surface area contributed by atoms with E-state index in [1.165, 1.54) is 18.3 Å². The second-order valence-electron chi connectivity index (χ2n) is 7.14. The number of benzene rings is 1. The maximum absolute atomic E-state index is 12.8. The zero-order valence-corrected chi connectivity index (χ0v) is 16.2. The van der Waals surface area contributed by atoms with Gasteiger partial charge in [-0.25, -0.2) is 4.98 Å². The molecule has 1 aliphatic rings. The van der Waals surface area contributed by atoms with Gasteiger partial charge in [-0.3, -0.25) is 9.78 Å². The number of likely N-dealkylation sites (tertiary alicyclic amines) is 1. The molecule has 1 amide bonds. The molecule has 162 valence electrons. The van der Waals surface area contributed by atoms with E-state index >= 15 is 0 Å². The average Bonchev–Trinajstić information content (AvgIpc) is 3.22. The highest BCUT2D eigenvalue weighted by atomic mass is 19.4. The first-order valence-corrected chi connectivity index (χ1v) is 9.61. The van der Waals surface area contributed by atoms with Crippen LogP contribution in [0.5, 0.6) is 5.75 Å². The number of hydrogen-bond donors (Lipinski definition) is 0. The number of halogens is 3. The van der Waals surface area contributed by atoms with Crippen LogP contribution in [0.3, 0.4) is 0 Å². The van der Waals surface area contributed by atoms with E-state index in [-0.39, 0.29) is 17.6 Å². The van der Waals surface area contributed by atoms with E-state index in [4.69, 9.17) is 4.52 Å². The Hall–Kier alpha value is -3.50. The van der Waals surface area contributed by atoms with Crippen LogP contribution in [-0.4, -0.2) is 50.4 Å². The minimum Gasteiger partial charge on any atom is -0.406 e. The summed E-state index contributed by atoms with van der Waals surface area (Å²) in [7, 11) is 0. The van der Waals surface area contributed by atoms with Gasteiger partial charge in [-0.2, -0.15) is 4.98 Å². The third-order valence-corrected chi connectivity index (χ3v) is 4.86. The average molecular weight is 433 g/mol. The fraction of sp³-hybridized carbons (Fsp3) is 0.350. The molecule has 0 saturated carbocycles. The van der Waals surface area contributed by atoms with Crippen molar-refractivity contribution in [1.29, 1.82) is 0 Å². The fourth-order valence-electron chi connectivity index (χ4n) is 3.50. The Bertz CT molecular complexity index is 1020. The smallest absolute Gasteiger partial charge is 0.406 e. The van der Waals surface area contributed by atoms with Crippen molar-refractivity contribution in [2.24, 2.45) is 5.92 Å². The van der Waals surface area contributed by atoms with Crippen LogP contribution in [0.15, 0.2) is 47.4 Å². The molecule has 3 heterocycles. The monoisotopic (exact) mass is 433 g/mol. The van der Waals surface area contributed by atoms with Gasteiger partial charge >= 0.3 is 6.36 Å². The predicted molar refractivity (Wildman–Crippen MR) is 101 cm³/mol. The summed E-state index contributed by atoms with van der Waals surface area (Å²) >= 11 is 0. The first kappa shape index (κ1) is 20.8. The number of piperidine rings is 1. The van der Waals surface area contributed by atoms with Gasteiger partial charge in [-0.05, 0) is 43.0 Å². The van der Waals surface area contributed by atoms with Crippen LogP contribution >= 0.6 is 0 Å². The SMILES string of the molecule is O=C(c1ccc(OC(F)(F)F)cc1)N1CCC[C@H](Cc2nc(-c3cnccn3)no2)C1. The summed E-state index contributed by atoms with van der Waals surface area (Å²) in [5.41, 5.74) is 0.814. The highest BCUT2D eigenvalue weighted by molar-refractivity contribution is 5.94. The minimum atomic E-state index is -4.77. The van der Waals surface area contributed by atoms with Gasteiger partial charge in [0.25, 0.3) is 5.91 Å². The lowest BCUT2D eigenvalue weighted by molar-refractivity contribution is -0.274. The minimum absolute atomic E-state index is 0.126. The summed E-state index contributed by atoms with van der Waals surface area (Å²) in [6.07, 6.45) is 2.07. The topological polar surface area (TPSA) is 94.2 Å². The molecule has 0 radical (unpaired) electrons. The second kappa shape index (κ2) is 8.70. The molecule has 11 heteroatoms. The van der Waals surface area contributed by atoms with Crippen LogP contribution in [-0.2, 0) is 6.42 Å². The maximum atomic E-state index is 12.8. The Morgan fingerprint density at radius 1 is 1.23 bits per heavy atom. The summed E-state index contributed by atoms with van der Waals surface area (Å²) in [6.45, 7) is 1.06. The van der Waals surface area contributed by atoms with Gasteiger partial charge in [0.1, 0.15) is 11.4 Å². The third-order valence-electron chi connectivity index (χ3n) is 4.86. The van der Waals surface area contributed by atoms with Gasteiger partial charge in [0.2, 0.25) is 11.7 Å². The third kappa shape index (κ3) is 5.36. The number of aromatic nitrogens is 4. The molecule has 0 N–H and O–H groups in total. The Morgan fingerprint density at radius 3 is 2.74 bits per heavy atom. The Balaban J connectivity index is 1.37. The van der Waals surface area contributed by atoms with Crippen LogP contribution in [0.2, 0.25) is 0 Å². The molecule has 1 saturated heterocycles. The number of ether oxygens (including phenoxy) is 1. The van der Waals surface area contributed by atoms with Crippen LogP contribution < -0.4 is 4.74 Å². The highest BCUT2D eigenvalue weighted by Crippen LogP contribution is 2.25. The normalized spacial score (nSPS) is 16.9. The molecular weight excluding hydrogens is 415 g/mol. The molecule has 1 fully saturated rings. The molecule has 4 rings (SSSR count). The van der Waals surface area contributed by atoms with Crippen molar-refractivity contribution in [2.75, 3.05) is 13.1 Å². The molecule has 0 spiro atoms. The Labute approximate surface area is 175 Å². The van der Waals surface area contributed by atoms with Crippen molar-refractivity contribution in [3.63, 3.8) is 0 Å². The Kier molecular flexibility index (Phi) is 5.83. The van der Waals surface area contributed by atoms with Crippen molar-refractivity contribution < 1.29 is 27.2 Å². The maximum Gasteiger partial charge on any atom is 0.573 e. The summed E-state index contributed by atoms with van der Waals surface area (Å²) in [4.78, 5) is 26.9. The van der Waals surface area contributed by atoms with Crippen molar-refractivity contribution in [3.05, 3.63) is 54.3 Å². The van der Waals surface area contributed by atoms with Gasteiger partial charge in [-0.15, -0.1) is 13.2 Å². The standard InChI is InChI=1S/C20H18F3N5O3/c21-20(22,23)30-15-5-3-14(4-6-15)19(29)28-9-1-2-13(12-28)10-17-26-18(27-31-17)16-11-24-7-8-25-16/h3-8,11,13H,1-2,9-10,12H2/t13-/m1/s1. The number of carbonyl (C=O) groups is 1. The van der Waals surface area contributed by atoms with E-state index in [1.54, 1.807) is 17.3 Å². The van der Waals surface area contributed by atoms with Crippen LogP contribution in [0.25, 0.3) is 11.5 Å². The molecule has 0 unspecified atom stereocenters. The van der Waals surface area contributed by atoms with E-state index < -0.39 is 6.36 Å². The molecule has 31 heavy (non-hydrogen) atoms. The lowest BCUT2D eigenvalue weighted by Gasteiger charge is -2.32. The fourth-order valence-corrected chi connectivity index (χ4v) is 3.50. The molecule has 1 aromatic carbocycles.